The number of carbonyl (C=O) groups is 2. The van der Waals surface area contributed by atoms with E-state index in [0.29, 0.717) is 40.6 Å². The summed E-state index contributed by atoms with van der Waals surface area (Å²) in [6.07, 6.45) is 5.38. The Kier molecular flexibility index (Phi) is 18.3. The Bertz CT molecular complexity index is 4990. The molecule has 0 aliphatic carbocycles. The molecule has 3 heterocycles. The molecule has 0 spiro atoms. The van der Waals surface area contributed by atoms with Gasteiger partial charge in [0.2, 0.25) is 41.9 Å². The molecule has 0 aliphatic heterocycles. The first-order valence-corrected chi connectivity index (χ1v) is 39.5. The number of benzene rings is 6. The summed E-state index contributed by atoms with van der Waals surface area (Å²) in [6, 6.07) is 16.9. The fraction of sp³-hybridized carbons (Fsp3) is 0.268. The standard InChI is InChI=1S/C20H24F5N3O3S2.C18H18F6N4O3S2.C18H19F5N4O3S2/c1-4-19(29)20(5-2,14-9-11-15(12-10-14)33(21,22,23,24)25)28-18-8-6-7-17(16(18)13-26-28)27-32(3,30)31;1-3-18(17(25)29,11-4-6-13(7-5-11)33(20,21,22,23)24)28-16-9-12(19)8-15(14(16)10-26-28)27-32(2,30)31;1-3-18(17(24)28,12-7-9-13(10-8-12)32(19,20,21,22)23)27-16-6-4-5-15(14(16)11-25-27)26-31(2,29)30/h6-13,19,27,29H,4-5H2,1-3H3;4-10,27H,3H2,1-2H3,(H2,25,29);4-11,26H,3H2,1-2H3,(H2,24,28). The molecule has 0 radical (unpaired) electrons. The Balaban J connectivity index is 0.000000207. The van der Waals surface area contributed by atoms with E-state index in [2.05, 4.69) is 29.5 Å². The van der Waals surface area contributed by atoms with Gasteiger partial charge in [0.05, 0.1) is 77.1 Å². The van der Waals surface area contributed by atoms with Crippen LogP contribution in [0.15, 0.2) is 155 Å². The quantitative estimate of drug-likeness (QED) is 0.0345. The maximum absolute atomic E-state index is 14.3. The Morgan fingerprint density at radius 2 is 0.765 bits per heavy atom. The number of hydrogen-bond donors (Lipinski definition) is 6. The summed E-state index contributed by atoms with van der Waals surface area (Å²) in [4.78, 5) is 18.9. The van der Waals surface area contributed by atoms with E-state index in [1.807, 2.05) is 0 Å². The second-order valence-corrected chi connectivity index (χ2v) is 35.0. The van der Waals surface area contributed by atoms with Crippen LogP contribution < -0.4 is 25.6 Å². The van der Waals surface area contributed by atoms with Gasteiger partial charge in [-0.05, 0) is 115 Å². The van der Waals surface area contributed by atoms with Crippen molar-refractivity contribution in [1.29, 1.82) is 0 Å². The molecule has 42 heteroatoms. The lowest BCUT2D eigenvalue weighted by molar-refractivity contribution is -0.125. The van der Waals surface area contributed by atoms with Crippen LogP contribution >= 0.6 is 30.7 Å². The highest BCUT2D eigenvalue weighted by Crippen LogP contribution is 3.03. The van der Waals surface area contributed by atoms with Crippen LogP contribution in [-0.4, -0.2) is 96.4 Å². The summed E-state index contributed by atoms with van der Waals surface area (Å²) < 4.78 is 292. The van der Waals surface area contributed by atoms with Crippen molar-refractivity contribution in [2.75, 3.05) is 32.9 Å². The molecular formula is C56H61F16N11O9S6. The minimum Gasteiger partial charge on any atom is -0.390 e. The second-order valence-electron chi connectivity index (χ2n) is 22.5. The van der Waals surface area contributed by atoms with Crippen molar-refractivity contribution in [1.82, 2.24) is 29.3 Å². The van der Waals surface area contributed by atoms with E-state index >= 15 is 0 Å². The van der Waals surface area contributed by atoms with Gasteiger partial charge < -0.3 is 16.6 Å². The molecule has 6 aromatic carbocycles. The maximum atomic E-state index is 14.3. The lowest BCUT2D eigenvalue weighted by atomic mass is 9.80. The number of nitrogens with one attached hydrogen (secondary N) is 3. The van der Waals surface area contributed by atoms with Gasteiger partial charge in [-0.3, -0.25) is 28.4 Å². The van der Waals surface area contributed by atoms with Gasteiger partial charge in [0.15, 0.2) is 11.1 Å². The number of primary amides is 2. The molecule has 542 valence electrons. The number of fused-ring (bicyclic) bond motifs is 3. The van der Waals surface area contributed by atoms with Crippen molar-refractivity contribution < 1.29 is 103 Å². The molecule has 20 nitrogen and oxygen atoms in total. The highest BCUT2D eigenvalue weighted by Gasteiger charge is 2.67. The molecule has 4 atom stereocenters. The van der Waals surface area contributed by atoms with E-state index in [0.717, 1.165) is 70.7 Å². The molecule has 8 N–H and O–H groups in total. The van der Waals surface area contributed by atoms with Gasteiger partial charge in [0.1, 0.15) is 26.0 Å². The number of halogens is 16. The van der Waals surface area contributed by atoms with Gasteiger partial charge in [-0.1, -0.05) is 135 Å². The minimum atomic E-state index is -9.97. The first-order chi connectivity index (χ1) is 44.1. The predicted octanol–water partition coefficient (Wildman–Crippen LogP) is 15.5. The molecule has 2 amide bonds. The summed E-state index contributed by atoms with van der Waals surface area (Å²) in [7, 11) is -40.9. The summed E-state index contributed by atoms with van der Waals surface area (Å²) in [6.45, 7) is 6.31. The Hall–Kier alpha value is -8.19. The number of nitrogens with two attached hydrogens (primary N) is 2. The number of aliphatic hydroxyl groups excluding tert-OH is 1. The molecule has 0 saturated heterocycles. The highest BCUT2D eigenvalue weighted by molar-refractivity contribution is 8.46. The lowest BCUT2D eigenvalue weighted by Crippen LogP contribution is -2.47. The average molecular weight is 1530 g/mol. The number of aromatic nitrogens is 6. The van der Waals surface area contributed by atoms with Crippen LogP contribution in [0.3, 0.4) is 0 Å². The number of sulfonamides is 3. The Labute approximate surface area is 549 Å². The topological polar surface area (TPSA) is 298 Å². The van der Waals surface area contributed by atoms with Crippen LogP contribution in [0, 0.1) is 5.82 Å². The minimum absolute atomic E-state index is 0.0598. The number of carbonyl (C=O) groups excluding carboxylic acids is 2. The zero-order valence-corrected chi connectivity index (χ0v) is 56.6. The Morgan fingerprint density at radius 1 is 0.459 bits per heavy atom. The van der Waals surface area contributed by atoms with E-state index in [1.165, 1.54) is 55.2 Å². The Morgan fingerprint density at radius 3 is 1.07 bits per heavy atom. The average Bonchev–Trinajstić information content (AvgIpc) is 1.09. The van der Waals surface area contributed by atoms with Crippen LogP contribution in [0.1, 0.15) is 70.1 Å². The first-order valence-electron chi connectivity index (χ1n) is 28.0. The van der Waals surface area contributed by atoms with Gasteiger partial charge in [0.25, 0.3) is 0 Å². The van der Waals surface area contributed by atoms with Crippen LogP contribution in [0.25, 0.3) is 32.7 Å². The van der Waals surface area contributed by atoms with Gasteiger partial charge in [-0.15, -0.1) is 0 Å². The second kappa shape index (κ2) is 23.2. The zero-order valence-electron chi connectivity index (χ0n) is 51.7. The monoisotopic (exact) mass is 1530 g/mol. The van der Waals surface area contributed by atoms with Crippen LogP contribution in [0.4, 0.5) is 79.7 Å². The highest BCUT2D eigenvalue weighted by atomic mass is 32.5. The van der Waals surface area contributed by atoms with Crippen molar-refractivity contribution in [3.63, 3.8) is 0 Å². The van der Waals surface area contributed by atoms with E-state index in [-0.39, 0.29) is 100 Å². The van der Waals surface area contributed by atoms with Crippen molar-refractivity contribution in [2.24, 2.45) is 11.5 Å². The number of amides is 2. The van der Waals surface area contributed by atoms with Crippen LogP contribution in [-0.2, 0) is 56.3 Å². The largest absolute Gasteiger partial charge is 0.390 e. The smallest absolute Gasteiger partial charge is 0.310 e. The number of aliphatic hydroxyl groups is 1. The molecule has 0 aliphatic rings. The van der Waals surface area contributed by atoms with Gasteiger partial charge in [0, 0.05) is 16.2 Å². The van der Waals surface area contributed by atoms with Crippen molar-refractivity contribution in [2.45, 2.75) is 90.8 Å². The van der Waals surface area contributed by atoms with E-state index in [1.54, 1.807) is 26.0 Å². The molecule has 9 rings (SSSR count). The zero-order chi connectivity index (χ0) is 74.3. The summed E-state index contributed by atoms with van der Waals surface area (Å²) in [5.41, 5.74) is 6.53. The van der Waals surface area contributed by atoms with Crippen molar-refractivity contribution >= 4 is 122 Å². The SMILES string of the molecule is CCC(C(N)=O)(c1ccc(S(F)(F)(F)(F)F)cc1)n1ncc2c(NS(C)(=O)=O)cc(F)cc21.CCC(C(N)=O)(c1ccc(S(F)(F)(F)(F)F)cc1)n1ncc2c(NS(C)(=O)=O)cccc21.CCC(O)C(CC)(c1ccc(S(F)(F)(F)(F)F)cc1)n1ncc2c(NS(C)(=O)=O)cccc21. The number of hydrogen-bond acceptors (Lipinski definition) is 12. The molecule has 0 bridgehead atoms. The van der Waals surface area contributed by atoms with E-state index < -0.39 is 116 Å². The van der Waals surface area contributed by atoms with Gasteiger partial charge in [-0.25, -0.2) is 39.0 Å². The lowest BCUT2D eigenvalue weighted by Gasteiger charge is -2.42. The number of rotatable bonds is 22. The number of anilines is 3. The maximum Gasteiger partial charge on any atom is 0.310 e. The molecule has 4 unspecified atom stereocenters. The normalized spacial score (nSPS) is 17.0. The molecule has 0 saturated carbocycles. The van der Waals surface area contributed by atoms with E-state index in [9.17, 15) is 103 Å². The molecule has 0 fully saturated rings. The van der Waals surface area contributed by atoms with Crippen LogP contribution in [0.2, 0.25) is 0 Å². The summed E-state index contributed by atoms with van der Waals surface area (Å²) >= 11 is 0. The first kappa shape index (κ1) is 77.2. The molecular weight excluding hydrogens is 1470 g/mol. The molecule has 3 aromatic heterocycles. The third kappa shape index (κ3) is 16.1. The van der Waals surface area contributed by atoms with E-state index in [4.69, 9.17) is 11.5 Å². The van der Waals surface area contributed by atoms with Crippen molar-refractivity contribution in [3.05, 3.63) is 162 Å². The fourth-order valence-corrected chi connectivity index (χ4v) is 14.8. The summed E-state index contributed by atoms with van der Waals surface area (Å²) in [5, 5.41) is 24.2. The van der Waals surface area contributed by atoms with Gasteiger partial charge >= 0.3 is 30.7 Å². The van der Waals surface area contributed by atoms with Gasteiger partial charge in [-0.2, -0.15) is 15.3 Å². The fourth-order valence-electron chi connectivity index (χ4n) is 11.1. The predicted molar refractivity (Wildman–Crippen MR) is 345 cm³/mol. The summed E-state index contributed by atoms with van der Waals surface area (Å²) in [5.74, 6) is -3.02. The third-order valence-electron chi connectivity index (χ3n) is 15.5. The molecule has 98 heavy (non-hydrogen) atoms. The van der Waals surface area contributed by atoms with Crippen LogP contribution in [0.5, 0.6) is 0 Å². The number of nitrogens with zero attached hydrogens (tertiary/aromatic N) is 6. The molecule has 9 aromatic rings. The third-order valence-corrected chi connectivity index (χ3v) is 20.8. The van der Waals surface area contributed by atoms with Crippen molar-refractivity contribution in [3.8, 4) is 0 Å².